The maximum absolute atomic E-state index is 13.2. The van der Waals surface area contributed by atoms with Crippen LogP contribution in [0.25, 0.3) is 0 Å². The number of ketones is 2. The molecule has 1 aromatic carbocycles. The van der Waals surface area contributed by atoms with Crippen molar-refractivity contribution in [3.05, 3.63) is 34.9 Å². The summed E-state index contributed by atoms with van der Waals surface area (Å²) in [6.45, 7) is 4.19. The van der Waals surface area contributed by atoms with Crippen molar-refractivity contribution in [2.75, 3.05) is 6.61 Å². The molecule has 4 nitrogen and oxygen atoms in total. The van der Waals surface area contributed by atoms with Gasteiger partial charge in [0.25, 0.3) is 0 Å². The van der Waals surface area contributed by atoms with E-state index in [0.29, 0.717) is 0 Å². The van der Waals surface area contributed by atoms with Crippen LogP contribution in [-0.4, -0.2) is 24.1 Å². The molecule has 0 saturated carbocycles. The van der Waals surface area contributed by atoms with Crippen molar-refractivity contribution in [2.45, 2.75) is 32.4 Å². The van der Waals surface area contributed by atoms with Crippen LogP contribution in [0, 0.1) is 5.92 Å². The molecule has 7 heteroatoms. The molecular weight excluding hydrogens is 313 g/mol. The van der Waals surface area contributed by atoms with Gasteiger partial charge in [-0.15, -0.1) is 0 Å². The molecule has 1 aliphatic carbocycles. The highest BCUT2D eigenvalue weighted by Crippen LogP contribution is 2.43. The first-order valence-corrected chi connectivity index (χ1v) is 6.99. The second-order valence-corrected chi connectivity index (χ2v) is 5.76. The van der Waals surface area contributed by atoms with Crippen molar-refractivity contribution in [3.63, 3.8) is 0 Å². The molecule has 0 N–H and O–H groups in total. The van der Waals surface area contributed by atoms with Crippen LogP contribution in [0.4, 0.5) is 13.2 Å². The summed E-state index contributed by atoms with van der Waals surface area (Å²) in [5, 5.41) is 0. The zero-order chi connectivity index (χ0) is 17.6. The van der Waals surface area contributed by atoms with Crippen LogP contribution in [0.2, 0.25) is 0 Å². The number of alkyl halides is 3. The molecule has 0 fully saturated rings. The van der Waals surface area contributed by atoms with E-state index in [2.05, 4.69) is 0 Å². The van der Waals surface area contributed by atoms with Gasteiger partial charge in [-0.3, -0.25) is 14.4 Å². The van der Waals surface area contributed by atoms with E-state index in [4.69, 9.17) is 4.74 Å². The number of hydrogen-bond donors (Lipinski definition) is 0. The molecule has 0 heterocycles. The summed E-state index contributed by atoms with van der Waals surface area (Å²) in [4.78, 5) is 36.9. The van der Waals surface area contributed by atoms with Gasteiger partial charge in [-0.1, -0.05) is 12.1 Å². The van der Waals surface area contributed by atoms with E-state index in [9.17, 15) is 27.6 Å². The number of rotatable bonds is 2. The molecule has 0 amide bonds. The van der Waals surface area contributed by atoms with Crippen LogP contribution in [0.1, 0.15) is 42.3 Å². The molecular formula is C16H15F3O4. The fraction of sp³-hybridized carbons (Fsp3) is 0.438. The molecule has 0 radical (unpaired) electrons. The van der Waals surface area contributed by atoms with Crippen molar-refractivity contribution in [1.29, 1.82) is 0 Å². The normalized spacial score (nSPS) is 20.2. The Labute approximate surface area is 130 Å². The van der Waals surface area contributed by atoms with E-state index >= 15 is 0 Å². The first kappa shape index (κ1) is 17.2. The quantitative estimate of drug-likeness (QED) is 0.619. The highest BCUT2D eigenvalue weighted by Gasteiger charge is 2.53. The Kier molecular flexibility index (Phi) is 4.09. The lowest BCUT2D eigenvalue weighted by Crippen LogP contribution is -2.49. The third-order valence-corrected chi connectivity index (χ3v) is 3.95. The van der Waals surface area contributed by atoms with Gasteiger partial charge in [0.1, 0.15) is 0 Å². The number of benzene rings is 1. The van der Waals surface area contributed by atoms with Crippen LogP contribution >= 0.6 is 0 Å². The van der Waals surface area contributed by atoms with E-state index in [0.717, 1.165) is 12.1 Å². The minimum Gasteiger partial charge on any atom is -0.465 e. The second kappa shape index (κ2) is 5.47. The Bertz CT molecular complexity index is 689. The first-order chi connectivity index (χ1) is 10.5. The van der Waals surface area contributed by atoms with Crippen LogP contribution in [-0.2, 0) is 25.9 Å². The number of halogens is 3. The van der Waals surface area contributed by atoms with Crippen molar-refractivity contribution >= 4 is 17.5 Å². The molecule has 1 aliphatic rings. The Hall–Kier alpha value is -2.18. The first-order valence-electron chi connectivity index (χ1n) is 6.99. The second-order valence-electron chi connectivity index (χ2n) is 5.76. The third-order valence-electron chi connectivity index (χ3n) is 3.95. The van der Waals surface area contributed by atoms with E-state index in [1.165, 1.54) is 26.8 Å². The van der Waals surface area contributed by atoms with Crippen molar-refractivity contribution in [2.24, 2.45) is 5.92 Å². The Morgan fingerprint density at radius 3 is 2.39 bits per heavy atom. The van der Waals surface area contributed by atoms with Gasteiger partial charge in [-0.05, 0) is 32.4 Å². The Morgan fingerprint density at radius 2 is 1.87 bits per heavy atom. The number of Topliss-reactive ketones (excluding diaryl/α,β-unsaturated/α-hetero) is 2. The standard InChI is InChI=1S/C16H15F3O4/c1-4-23-14(22)11-12(20)10-8(15(2,3)13(11)21)6-5-7-9(10)16(17,18)19/h5-7,11H,4H2,1-3H3. The molecule has 1 aromatic rings. The van der Waals surface area contributed by atoms with Crippen molar-refractivity contribution in [3.8, 4) is 0 Å². The SMILES string of the molecule is CCOC(=O)C1C(=O)c2c(C(F)(F)F)cccc2C(C)(C)C1=O. The number of carbonyl (C=O) groups is 3. The minimum atomic E-state index is -4.77. The molecule has 0 spiro atoms. The summed E-state index contributed by atoms with van der Waals surface area (Å²) < 4.78 is 44.4. The summed E-state index contributed by atoms with van der Waals surface area (Å²) in [7, 11) is 0. The predicted octanol–water partition coefficient (Wildman–Crippen LogP) is 2.93. The number of carbonyl (C=O) groups excluding carboxylic acids is 3. The zero-order valence-corrected chi connectivity index (χ0v) is 12.8. The van der Waals surface area contributed by atoms with Crippen molar-refractivity contribution in [1.82, 2.24) is 0 Å². The molecule has 1 atom stereocenters. The van der Waals surface area contributed by atoms with Gasteiger partial charge in [0, 0.05) is 5.56 Å². The zero-order valence-electron chi connectivity index (χ0n) is 12.8. The molecule has 2 rings (SSSR count). The van der Waals surface area contributed by atoms with Gasteiger partial charge in [-0.25, -0.2) is 0 Å². The fourth-order valence-electron chi connectivity index (χ4n) is 2.77. The monoisotopic (exact) mass is 328 g/mol. The van der Waals surface area contributed by atoms with Gasteiger partial charge in [0.15, 0.2) is 17.5 Å². The third kappa shape index (κ3) is 2.64. The predicted molar refractivity (Wildman–Crippen MR) is 73.9 cm³/mol. The number of hydrogen-bond acceptors (Lipinski definition) is 4. The van der Waals surface area contributed by atoms with Crippen LogP contribution in [0.3, 0.4) is 0 Å². The lowest BCUT2D eigenvalue weighted by molar-refractivity contribution is -0.151. The van der Waals surface area contributed by atoms with Gasteiger partial charge >= 0.3 is 12.1 Å². The average molecular weight is 328 g/mol. The minimum absolute atomic E-state index is 0.0251. The van der Waals surface area contributed by atoms with Crippen LogP contribution < -0.4 is 0 Å². The fourth-order valence-corrected chi connectivity index (χ4v) is 2.77. The summed E-state index contributed by atoms with van der Waals surface area (Å²) in [6.07, 6.45) is -4.77. The van der Waals surface area contributed by atoms with Crippen LogP contribution in [0.5, 0.6) is 0 Å². The Balaban J connectivity index is 2.73. The summed E-state index contributed by atoms with van der Waals surface area (Å²) in [5.41, 5.74) is -3.19. The summed E-state index contributed by atoms with van der Waals surface area (Å²) in [5.74, 6) is -4.89. The molecule has 0 aromatic heterocycles. The largest absolute Gasteiger partial charge is 0.465 e. The lowest BCUT2D eigenvalue weighted by atomic mass is 9.65. The average Bonchev–Trinajstić information content (AvgIpc) is 2.44. The highest BCUT2D eigenvalue weighted by atomic mass is 19.4. The van der Waals surface area contributed by atoms with Gasteiger partial charge in [-0.2, -0.15) is 13.2 Å². The summed E-state index contributed by atoms with van der Waals surface area (Å²) >= 11 is 0. The maximum Gasteiger partial charge on any atom is 0.417 e. The topological polar surface area (TPSA) is 60.4 Å². The number of esters is 1. The van der Waals surface area contributed by atoms with E-state index in [-0.39, 0.29) is 12.2 Å². The van der Waals surface area contributed by atoms with E-state index in [1.54, 1.807) is 0 Å². The maximum atomic E-state index is 13.2. The molecule has 124 valence electrons. The lowest BCUT2D eigenvalue weighted by Gasteiger charge is -2.35. The van der Waals surface area contributed by atoms with E-state index < -0.39 is 46.2 Å². The smallest absolute Gasteiger partial charge is 0.417 e. The van der Waals surface area contributed by atoms with Crippen LogP contribution in [0.15, 0.2) is 18.2 Å². The molecule has 0 bridgehead atoms. The van der Waals surface area contributed by atoms with Crippen molar-refractivity contribution < 1.29 is 32.3 Å². The molecule has 0 saturated heterocycles. The number of ether oxygens (including phenoxy) is 1. The summed E-state index contributed by atoms with van der Waals surface area (Å²) in [6, 6.07) is 3.22. The highest BCUT2D eigenvalue weighted by molar-refractivity contribution is 6.28. The molecule has 0 aliphatic heterocycles. The van der Waals surface area contributed by atoms with Gasteiger partial charge < -0.3 is 4.74 Å². The number of fused-ring (bicyclic) bond motifs is 1. The van der Waals surface area contributed by atoms with E-state index in [1.807, 2.05) is 0 Å². The molecule has 23 heavy (non-hydrogen) atoms. The Morgan fingerprint density at radius 1 is 1.26 bits per heavy atom. The van der Waals surface area contributed by atoms with Gasteiger partial charge in [0.05, 0.1) is 17.6 Å². The molecule has 1 unspecified atom stereocenters. The van der Waals surface area contributed by atoms with Gasteiger partial charge in [0.2, 0.25) is 0 Å².